The van der Waals surface area contributed by atoms with Crippen LogP contribution in [0.2, 0.25) is 0 Å². The van der Waals surface area contributed by atoms with Crippen molar-refractivity contribution >= 4 is 17.3 Å². The van der Waals surface area contributed by atoms with E-state index >= 15 is 0 Å². The maximum Gasteiger partial charge on any atom is 0.338 e. The lowest BCUT2D eigenvalue weighted by Gasteiger charge is -2.29. The minimum Gasteiger partial charge on any atom is -0.478 e. The second-order valence-electron chi connectivity index (χ2n) is 4.43. The Hall–Kier alpha value is -2.18. The summed E-state index contributed by atoms with van der Waals surface area (Å²) in [6, 6.07) is 1.68. The van der Waals surface area contributed by atoms with Gasteiger partial charge in [0.25, 0.3) is 5.69 Å². The molecule has 0 heterocycles. The number of nitrogens with zero attached hydrogens (tertiary/aromatic N) is 2. The van der Waals surface area contributed by atoms with Gasteiger partial charge in [0.05, 0.1) is 16.6 Å². The summed E-state index contributed by atoms with van der Waals surface area (Å²) >= 11 is 0. The van der Waals surface area contributed by atoms with Crippen molar-refractivity contribution in [3.63, 3.8) is 0 Å². The van der Waals surface area contributed by atoms with Gasteiger partial charge in [0, 0.05) is 12.6 Å². The molecule has 20 heavy (non-hydrogen) atoms. The number of benzene rings is 1. The molecular weight excluding hydrogens is 267 g/mol. The van der Waals surface area contributed by atoms with Crippen LogP contribution in [-0.4, -0.2) is 28.6 Å². The summed E-state index contributed by atoms with van der Waals surface area (Å²) in [4.78, 5) is 23.0. The van der Waals surface area contributed by atoms with E-state index < -0.39 is 28.0 Å². The Bertz CT molecular complexity index is 533. The van der Waals surface area contributed by atoms with E-state index in [1.54, 1.807) is 11.8 Å². The van der Waals surface area contributed by atoms with Gasteiger partial charge in [-0.2, -0.15) is 0 Å². The second kappa shape index (κ2) is 6.31. The first-order valence-electron chi connectivity index (χ1n) is 6.31. The number of nitro groups is 1. The Kier molecular flexibility index (Phi) is 5.01. The molecule has 0 amide bonds. The van der Waals surface area contributed by atoms with Crippen LogP contribution in [0.1, 0.15) is 37.6 Å². The number of anilines is 1. The smallest absolute Gasteiger partial charge is 0.338 e. The average Bonchev–Trinajstić information content (AvgIpc) is 2.39. The third-order valence-electron chi connectivity index (χ3n) is 3.26. The number of carbonyl (C=O) groups is 1. The van der Waals surface area contributed by atoms with E-state index in [0.717, 1.165) is 12.5 Å². The first kappa shape index (κ1) is 15.9. The first-order valence-corrected chi connectivity index (χ1v) is 6.31. The van der Waals surface area contributed by atoms with Gasteiger partial charge in [0.2, 0.25) is 0 Å². The van der Waals surface area contributed by atoms with Crippen LogP contribution in [0, 0.1) is 15.9 Å². The quantitative estimate of drug-likeness (QED) is 0.641. The molecule has 0 saturated carbocycles. The fourth-order valence-electron chi connectivity index (χ4n) is 2.03. The van der Waals surface area contributed by atoms with Gasteiger partial charge in [-0.3, -0.25) is 10.1 Å². The molecule has 7 heteroatoms. The van der Waals surface area contributed by atoms with Crippen LogP contribution in [0.5, 0.6) is 0 Å². The van der Waals surface area contributed by atoms with Gasteiger partial charge in [-0.25, -0.2) is 9.18 Å². The molecule has 1 rings (SSSR count). The molecule has 0 aliphatic carbocycles. The second-order valence-corrected chi connectivity index (χ2v) is 4.43. The van der Waals surface area contributed by atoms with Crippen LogP contribution < -0.4 is 4.90 Å². The van der Waals surface area contributed by atoms with Crippen molar-refractivity contribution in [1.82, 2.24) is 0 Å². The molecule has 0 radical (unpaired) electrons. The Morgan fingerprint density at radius 1 is 1.50 bits per heavy atom. The van der Waals surface area contributed by atoms with Gasteiger partial charge in [0.1, 0.15) is 11.5 Å². The summed E-state index contributed by atoms with van der Waals surface area (Å²) < 4.78 is 13.6. The summed E-state index contributed by atoms with van der Waals surface area (Å²) in [7, 11) is 0. The first-order chi connectivity index (χ1) is 9.33. The van der Waals surface area contributed by atoms with Crippen molar-refractivity contribution in [2.45, 2.75) is 33.2 Å². The highest BCUT2D eigenvalue weighted by Crippen LogP contribution is 2.32. The molecule has 0 fully saturated rings. The van der Waals surface area contributed by atoms with Gasteiger partial charge in [-0.05, 0) is 26.3 Å². The zero-order chi connectivity index (χ0) is 15.4. The van der Waals surface area contributed by atoms with Gasteiger partial charge in [-0.1, -0.05) is 6.92 Å². The molecule has 1 atom stereocenters. The fraction of sp³-hybridized carbons (Fsp3) is 0.462. The largest absolute Gasteiger partial charge is 0.478 e. The fourth-order valence-corrected chi connectivity index (χ4v) is 2.03. The summed E-state index contributed by atoms with van der Waals surface area (Å²) in [5.74, 6) is -2.55. The molecule has 0 bridgehead atoms. The molecule has 0 aromatic heterocycles. The maximum atomic E-state index is 13.6. The minimum atomic E-state index is -1.45. The molecule has 0 aliphatic rings. The highest BCUT2D eigenvalue weighted by atomic mass is 19.1. The van der Waals surface area contributed by atoms with E-state index in [4.69, 9.17) is 5.11 Å². The van der Waals surface area contributed by atoms with Crippen molar-refractivity contribution in [2.75, 3.05) is 11.4 Å². The van der Waals surface area contributed by atoms with E-state index in [0.29, 0.717) is 12.6 Å². The molecule has 110 valence electrons. The SMILES string of the molecule is CCC(C)N(CC)c1cc(C(=O)O)c(F)cc1[N+](=O)[O-]. The number of carboxylic acid groups (broad SMARTS) is 1. The number of nitro benzene ring substituents is 1. The van der Waals surface area contributed by atoms with Crippen molar-refractivity contribution in [3.8, 4) is 0 Å². The minimum absolute atomic E-state index is 0.0224. The van der Waals surface area contributed by atoms with Crippen LogP contribution in [0.25, 0.3) is 0 Å². The molecule has 0 spiro atoms. The lowest BCUT2D eigenvalue weighted by molar-refractivity contribution is -0.384. The summed E-state index contributed by atoms with van der Waals surface area (Å²) in [5, 5.41) is 20.0. The normalized spacial score (nSPS) is 12.0. The van der Waals surface area contributed by atoms with E-state index in [-0.39, 0.29) is 11.7 Å². The predicted molar refractivity (Wildman–Crippen MR) is 72.8 cm³/mol. The Balaban J connectivity index is 3.51. The molecule has 1 aromatic rings. The molecule has 0 aliphatic heterocycles. The van der Waals surface area contributed by atoms with E-state index in [2.05, 4.69) is 0 Å². The zero-order valence-electron chi connectivity index (χ0n) is 11.6. The monoisotopic (exact) mass is 284 g/mol. The molecule has 6 nitrogen and oxygen atoms in total. The molecule has 1 aromatic carbocycles. The molecule has 1 unspecified atom stereocenters. The van der Waals surface area contributed by atoms with Crippen LogP contribution in [0.3, 0.4) is 0 Å². The van der Waals surface area contributed by atoms with Crippen LogP contribution in [0.15, 0.2) is 12.1 Å². The Morgan fingerprint density at radius 3 is 2.50 bits per heavy atom. The average molecular weight is 284 g/mol. The lowest BCUT2D eigenvalue weighted by Crippen LogP contribution is -2.33. The molecule has 1 N–H and O–H groups in total. The molecular formula is C13H17FN2O4. The number of halogens is 1. The third-order valence-corrected chi connectivity index (χ3v) is 3.26. The Morgan fingerprint density at radius 2 is 2.10 bits per heavy atom. The van der Waals surface area contributed by atoms with Crippen molar-refractivity contribution in [2.24, 2.45) is 0 Å². The Labute approximate surface area is 116 Å². The number of aromatic carboxylic acids is 1. The maximum absolute atomic E-state index is 13.6. The van der Waals surface area contributed by atoms with Gasteiger partial charge in [-0.15, -0.1) is 0 Å². The van der Waals surface area contributed by atoms with E-state index in [9.17, 15) is 19.3 Å². The van der Waals surface area contributed by atoms with Gasteiger partial charge < -0.3 is 10.0 Å². The number of hydrogen-bond acceptors (Lipinski definition) is 4. The highest BCUT2D eigenvalue weighted by molar-refractivity contribution is 5.90. The van der Waals surface area contributed by atoms with Crippen LogP contribution >= 0.6 is 0 Å². The van der Waals surface area contributed by atoms with Gasteiger partial charge >= 0.3 is 5.97 Å². The van der Waals surface area contributed by atoms with E-state index in [1.807, 2.05) is 13.8 Å². The topological polar surface area (TPSA) is 83.7 Å². The van der Waals surface area contributed by atoms with Crippen LogP contribution in [-0.2, 0) is 0 Å². The predicted octanol–water partition coefficient (Wildman–Crippen LogP) is 3.06. The van der Waals surface area contributed by atoms with Gasteiger partial charge in [0.15, 0.2) is 0 Å². The third kappa shape index (κ3) is 3.04. The summed E-state index contributed by atoms with van der Waals surface area (Å²) in [6.45, 7) is 6.05. The lowest BCUT2D eigenvalue weighted by atomic mass is 10.1. The standard InChI is InChI=1S/C13H17FN2O4/c1-4-8(3)15(5-2)11-6-9(13(17)18)10(14)7-12(11)16(19)20/h6-8H,4-5H2,1-3H3,(H,17,18). The van der Waals surface area contributed by atoms with Crippen molar-refractivity contribution in [3.05, 3.63) is 33.6 Å². The number of hydrogen-bond donors (Lipinski definition) is 1. The van der Waals surface area contributed by atoms with Crippen molar-refractivity contribution < 1.29 is 19.2 Å². The van der Waals surface area contributed by atoms with Crippen LogP contribution in [0.4, 0.5) is 15.8 Å². The zero-order valence-corrected chi connectivity index (χ0v) is 11.6. The molecule has 0 saturated heterocycles. The highest BCUT2D eigenvalue weighted by Gasteiger charge is 2.26. The summed E-state index contributed by atoms with van der Waals surface area (Å²) in [6.07, 6.45) is 0.727. The number of carboxylic acids is 1. The summed E-state index contributed by atoms with van der Waals surface area (Å²) in [5.41, 5.74) is -0.854. The van der Waals surface area contributed by atoms with Crippen molar-refractivity contribution in [1.29, 1.82) is 0 Å². The van der Waals surface area contributed by atoms with E-state index in [1.165, 1.54) is 0 Å². The number of rotatable bonds is 6.